The number of carbonyl (C=O) groups is 1. The molecule has 2 aromatic carbocycles. The molecular weight excluding hydrogens is 428 g/mol. The Morgan fingerprint density at radius 1 is 1.13 bits per heavy atom. The number of amides is 1. The highest BCUT2D eigenvalue weighted by Gasteiger charge is 2.22. The van der Waals surface area contributed by atoms with E-state index >= 15 is 0 Å². The van der Waals surface area contributed by atoms with E-state index in [4.69, 9.17) is 21.3 Å². The van der Waals surface area contributed by atoms with E-state index in [1.807, 2.05) is 28.5 Å². The predicted molar refractivity (Wildman–Crippen MR) is 128 cm³/mol. The van der Waals surface area contributed by atoms with Crippen LogP contribution in [0.2, 0.25) is 5.02 Å². The average molecular weight is 457 g/mol. The van der Waals surface area contributed by atoms with E-state index < -0.39 is 0 Å². The predicted octanol–water partition coefficient (Wildman–Crippen LogP) is 6.94. The summed E-state index contributed by atoms with van der Waals surface area (Å²) in [5, 5.41) is 3.53. The molecule has 1 amide bonds. The summed E-state index contributed by atoms with van der Waals surface area (Å²) in [5.74, 6) is 1.28. The van der Waals surface area contributed by atoms with Gasteiger partial charge in [0.15, 0.2) is 0 Å². The quantitative estimate of drug-likeness (QED) is 0.350. The lowest BCUT2D eigenvalue weighted by Gasteiger charge is -2.28. The molecule has 6 heteroatoms. The maximum absolute atomic E-state index is 13.1. The Morgan fingerprint density at radius 3 is 2.52 bits per heavy atom. The maximum Gasteiger partial charge on any atom is 0.254 e. The number of hydrogen-bond acceptors (Lipinski definition) is 4. The van der Waals surface area contributed by atoms with Crippen molar-refractivity contribution in [3.8, 4) is 5.75 Å². The summed E-state index contributed by atoms with van der Waals surface area (Å²) in [6.45, 7) is 9.35. The van der Waals surface area contributed by atoms with Gasteiger partial charge in [0.1, 0.15) is 17.4 Å². The highest BCUT2D eigenvalue weighted by atomic mass is 35.5. The standard InChI is InChI=1S/C25H29ClN2O2S/c1-5-18(4)28(25(29)19-10-12-20(26)13-11-19)14-21-16-31-24(27-21)15-30-23-9-7-6-8-22(23)17(2)3/h6-13,16-18H,5,14-15H2,1-4H3/t18-/m0/s1. The average Bonchev–Trinajstić information content (AvgIpc) is 3.23. The molecule has 0 aliphatic heterocycles. The summed E-state index contributed by atoms with van der Waals surface area (Å²) >= 11 is 7.54. The molecule has 0 saturated heterocycles. The molecule has 0 saturated carbocycles. The van der Waals surface area contributed by atoms with E-state index in [9.17, 15) is 4.79 Å². The van der Waals surface area contributed by atoms with Crippen molar-refractivity contribution in [2.75, 3.05) is 0 Å². The maximum atomic E-state index is 13.1. The molecular formula is C25H29ClN2O2S. The lowest BCUT2D eigenvalue weighted by atomic mass is 10.0. The number of hydrogen-bond donors (Lipinski definition) is 0. The van der Waals surface area contributed by atoms with Gasteiger partial charge in [-0.1, -0.05) is 50.6 Å². The molecule has 164 valence electrons. The van der Waals surface area contributed by atoms with E-state index in [-0.39, 0.29) is 11.9 Å². The fourth-order valence-corrected chi connectivity index (χ4v) is 4.12. The Morgan fingerprint density at radius 2 is 1.84 bits per heavy atom. The molecule has 0 N–H and O–H groups in total. The third-order valence-corrected chi connectivity index (χ3v) is 6.42. The first-order valence-corrected chi connectivity index (χ1v) is 11.9. The number of benzene rings is 2. The van der Waals surface area contributed by atoms with Gasteiger partial charge in [0, 0.05) is 22.0 Å². The molecule has 3 aromatic rings. The zero-order chi connectivity index (χ0) is 22.4. The molecule has 4 nitrogen and oxygen atoms in total. The van der Waals surface area contributed by atoms with Crippen LogP contribution in [0, 0.1) is 0 Å². The smallest absolute Gasteiger partial charge is 0.254 e. The summed E-state index contributed by atoms with van der Waals surface area (Å²) in [4.78, 5) is 19.7. The third kappa shape index (κ3) is 6.08. The van der Waals surface area contributed by atoms with Gasteiger partial charge in [-0.25, -0.2) is 4.98 Å². The highest BCUT2D eigenvalue weighted by molar-refractivity contribution is 7.09. The van der Waals surface area contributed by atoms with Gasteiger partial charge in [0.25, 0.3) is 5.91 Å². The summed E-state index contributed by atoms with van der Waals surface area (Å²) in [7, 11) is 0. The number of nitrogens with zero attached hydrogens (tertiary/aromatic N) is 2. The highest BCUT2D eigenvalue weighted by Crippen LogP contribution is 2.27. The summed E-state index contributed by atoms with van der Waals surface area (Å²) in [6, 6.07) is 15.2. The normalized spacial score (nSPS) is 12.1. The molecule has 0 bridgehead atoms. The molecule has 0 radical (unpaired) electrons. The molecule has 31 heavy (non-hydrogen) atoms. The fraction of sp³-hybridized carbons (Fsp3) is 0.360. The Hall–Kier alpha value is -2.37. The second-order valence-corrected chi connectivity index (χ2v) is 9.29. The van der Waals surface area contributed by atoms with E-state index in [0.29, 0.717) is 29.7 Å². The first kappa shape index (κ1) is 23.3. The van der Waals surface area contributed by atoms with Crippen LogP contribution < -0.4 is 4.74 Å². The fourth-order valence-electron chi connectivity index (χ4n) is 3.30. The molecule has 1 heterocycles. The number of para-hydroxylation sites is 1. The van der Waals surface area contributed by atoms with Gasteiger partial charge in [-0.2, -0.15) is 0 Å². The van der Waals surface area contributed by atoms with Crippen LogP contribution in [0.3, 0.4) is 0 Å². The van der Waals surface area contributed by atoms with E-state index in [1.165, 1.54) is 5.56 Å². The van der Waals surface area contributed by atoms with Crippen LogP contribution >= 0.6 is 22.9 Å². The van der Waals surface area contributed by atoms with Crippen molar-refractivity contribution in [1.82, 2.24) is 9.88 Å². The Labute approximate surface area is 193 Å². The molecule has 0 spiro atoms. The van der Waals surface area contributed by atoms with Crippen LogP contribution in [-0.2, 0) is 13.2 Å². The Bertz CT molecular complexity index is 1000. The number of ether oxygens (including phenoxy) is 1. The zero-order valence-electron chi connectivity index (χ0n) is 18.5. The molecule has 3 rings (SSSR count). The van der Waals surface area contributed by atoms with Gasteiger partial charge in [0.2, 0.25) is 0 Å². The minimum Gasteiger partial charge on any atom is -0.486 e. The Balaban J connectivity index is 1.70. The van der Waals surface area contributed by atoms with Gasteiger partial charge >= 0.3 is 0 Å². The Kier molecular flexibility index (Phi) is 8.10. The number of rotatable bonds is 9. The van der Waals surface area contributed by atoms with Crippen molar-refractivity contribution < 1.29 is 9.53 Å². The van der Waals surface area contributed by atoms with Crippen molar-refractivity contribution in [2.45, 2.75) is 59.2 Å². The van der Waals surface area contributed by atoms with Gasteiger partial charge in [-0.3, -0.25) is 4.79 Å². The van der Waals surface area contributed by atoms with E-state index in [2.05, 4.69) is 33.8 Å². The summed E-state index contributed by atoms with van der Waals surface area (Å²) < 4.78 is 6.05. The molecule has 1 atom stereocenters. The molecule has 0 aliphatic rings. The SMILES string of the molecule is CC[C@H](C)N(Cc1csc(COc2ccccc2C(C)C)n1)C(=O)c1ccc(Cl)cc1. The molecule has 1 aromatic heterocycles. The number of thiazole rings is 1. The largest absolute Gasteiger partial charge is 0.486 e. The lowest BCUT2D eigenvalue weighted by Crippen LogP contribution is -2.37. The van der Waals surface area contributed by atoms with E-state index in [0.717, 1.165) is 22.9 Å². The van der Waals surface area contributed by atoms with Crippen molar-refractivity contribution in [3.05, 3.63) is 80.8 Å². The van der Waals surface area contributed by atoms with Crippen molar-refractivity contribution in [1.29, 1.82) is 0 Å². The van der Waals surface area contributed by atoms with Crippen LogP contribution in [0.15, 0.2) is 53.9 Å². The van der Waals surface area contributed by atoms with Gasteiger partial charge < -0.3 is 9.64 Å². The summed E-state index contributed by atoms with van der Waals surface area (Å²) in [5.41, 5.74) is 2.70. The minimum absolute atomic E-state index is 0.0114. The molecule has 0 aliphatic carbocycles. The van der Waals surface area contributed by atoms with Crippen LogP contribution in [0.1, 0.15) is 66.7 Å². The number of aromatic nitrogens is 1. The van der Waals surface area contributed by atoms with Crippen molar-refractivity contribution in [2.24, 2.45) is 0 Å². The second kappa shape index (κ2) is 10.8. The first-order valence-electron chi connectivity index (χ1n) is 10.6. The van der Waals surface area contributed by atoms with Crippen molar-refractivity contribution >= 4 is 28.8 Å². The van der Waals surface area contributed by atoms with Crippen LogP contribution in [0.4, 0.5) is 0 Å². The summed E-state index contributed by atoms with van der Waals surface area (Å²) in [6.07, 6.45) is 0.866. The van der Waals surface area contributed by atoms with Crippen LogP contribution in [-0.4, -0.2) is 21.8 Å². The van der Waals surface area contributed by atoms with Crippen LogP contribution in [0.5, 0.6) is 5.75 Å². The lowest BCUT2D eigenvalue weighted by molar-refractivity contribution is 0.0669. The van der Waals surface area contributed by atoms with Gasteiger partial charge in [-0.15, -0.1) is 11.3 Å². The van der Waals surface area contributed by atoms with Gasteiger partial charge in [-0.05, 0) is 55.2 Å². The first-order chi connectivity index (χ1) is 14.9. The minimum atomic E-state index is -0.0114. The van der Waals surface area contributed by atoms with E-state index in [1.54, 1.807) is 35.6 Å². The third-order valence-electron chi connectivity index (χ3n) is 5.30. The number of carbonyl (C=O) groups excluding carboxylic acids is 1. The second-order valence-electron chi connectivity index (χ2n) is 7.91. The van der Waals surface area contributed by atoms with Crippen molar-refractivity contribution in [3.63, 3.8) is 0 Å². The number of halogens is 1. The zero-order valence-corrected chi connectivity index (χ0v) is 20.0. The monoisotopic (exact) mass is 456 g/mol. The topological polar surface area (TPSA) is 42.4 Å². The molecule has 0 unspecified atom stereocenters. The van der Waals surface area contributed by atoms with Crippen LogP contribution in [0.25, 0.3) is 0 Å². The van der Waals surface area contributed by atoms with Gasteiger partial charge in [0.05, 0.1) is 12.2 Å². The molecule has 0 fully saturated rings.